The number of thiophene rings is 3. The lowest BCUT2D eigenvalue weighted by molar-refractivity contribution is 0.111. The third-order valence-electron chi connectivity index (χ3n) is 6.47. The second-order valence-electron chi connectivity index (χ2n) is 8.67. The summed E-state index contributed by atoms with van der Waals surface area (Å²) in [6, 6.07) is 4.12. The van der Waals surface area contributed by atoms with Gasteiger partial charge in [-0.1, -0.05) is 40.5 Å². The lowest BCUT2D eigenvalue weighted by atomic mass is 10.1. The zero-order valence-electron chi connectivity index (χ0n) is 18.2. The molecule has 0 spiro atoms. The quantitative estimate of drug-likeness (QED) is 0.217. The average Bonchev–Trinajstić information content (AvgIpc) is 3.54. The summed E-state index contributed by atoms with van der Waals surface area (Å²) in [5.74, 6) is 1.10. The first kappa shape index (κ1) is 20.9. The second-order valence-corrected chi connectivity index (χ2v) is 11.9. The van der Waals surface area contributed by atoms with Gasteiger partial charge in [-0.15, -0.1) is 34.0 Å². The Labute approximate surface area is 193 Å². The van der Waals surface area contributed by atoms with Gasteiger partial charge in [-0.25, -0.2) is 0 Å². The molecule has 0 bridgehead atoms. The van der Waals surface area contributed by atoms with E-state index in [0.29, 0.717) is 11.8 Å². The van der Waals surface area contributed by atoms with Crippen LogP contribution in [0.2, 0.25) is 0 Å². The van der Waals surface area contributed by atoms with Crippen molar-refractivity contribution in [1.29, 1.82) is 0 Å². The van der Waals surface area contributed by atoms with E-state index in [4.69, 9.17) is 0 Å². The van der Waals surface area contributed by atoms with Crippen molar-refractivity contribution in [1.82, 2.24) is 9.13 Å². The third kappa shape index (κ3) is 3.12. The van der Waals surface area contributed by atoms with E-state index >= 15 is 0 Å². The van der Waals surface area contributed by atoms with Crippen molar-refractivity contribution in [3.8, 4) is 0 Å². The van der Waals surface area contributed by atoms with Crippen LogP contribution in [0.5, 0.6) is 0 Å². The molecular formula is C24H26N2O2S3. The van der Waals surface area contributed by atoms with Gasteiger partial charge in [0.1, 0.15) is 0 Å². The van der Waals surface area contributed by atoms with Crippen molar-refractivity contribution in [3.05, 3.63) is 21.9 Å². The van der Waals surface area contributed by atoms with E-state index in [1.165, 1.54) is 40.9 Å². The van der Waals surface area contributed by atoms with Gasteiger partial charge < -0.3 is 9.13 Å². The first-order chi connectivity index (χ1) is 15.0. The Bertz CT molecular complexity index is 1330. The molecule has 5 heterocycles. The molecule has 0 amide bonds. The van der Waals surface area contributed by atoms with Crippen molar-refractivity contribution in [2.45, 2.75) is 53.6 Å². The molecule has 5 aromatic rings. The first-order valence-electron chi connectivity index (χ1n) is 10.9. The fraction of sp³-hybridized carbons (Fsp3) is 0.417. The molecule has 7 heteroatoms. The van der Waals surface area contributed by atoms with Crippen molar-refractivity contribution in [2.75, 3.05) is 0 Å². The lowest BCUT2D eigenvalue weighted by Crippen LogP contribution is -2.09. The van der Waals surface area contributed by atoms with E-state index in [9.17, 15) is 9.59 Å². The number of carbonyl (C=O) groups is 2. The minimum atomic E-state index is 0.550. The second kappa shape index (κ2) is 7.87. The van der Waals surface area contributed by atoms with Crippen LogP contribution in [0.3, 0.4) is 0 Å². The minimum absolute atomic E-state index is 0.550. The monoisotopic (exact) mass is 470 g/mol. The third-order valence-corrected chi connectivity index (χ3v) is 10.1. The van der Waals surface area contributed by atoms with Gasteiger partial charge in [-0.05, 0) is 24.0 Å². The summed E-state index contributed by atoms with van der Waals surface area (Å²) in [6.07, 6.45) is 4.16. The van der Waals surface area contributed by atoms with Gasteiger partial charge in [0.2, 0.25) is 0 Å². The molecule has 5 rings (SSSR count). The number of hydrogen-bond acceptors (Lipinski definition) is 5. The molecule has 0 radical (unpaired) electrons. The van der Waals surface area contributed by atoms with Crippen LogP contribution in [-0.2, 0) is 13.1 Å². The SMILES string of the molecule is CCC(C)Cn1c2cc(C=O)sc2c2sc3c4sc(C=O)cc4n(CC(C)CC)c3c21. The normalized spacial score (nSPS) is 14.3. The van der Waals surface area contributed by atoms with Crippen LogP contribution in [0.15, 0.2) is 12.1 Å². The highest BCUT2D eigenvalue weighted by Crippen LogP contribution is 2.49. The van der Waals surface area contributed by atoms with Crippen LogP contribution in [-0.4, -0.2) is 21.7 Å². The summed E-state index contributed by atoms with van der Waals surface area (Å²) < 4.78 is 9.91. The molecule has 4 nitrogen and oxygen atoms in total. The zero-order valence-corrected chi connectivity index (χ0v) is 20.7. The number of aldehydes is 2. The highest BCUT2D eigenvalue weighted by molar-refractivity contribution is 7.34. The van der Waals surface area contributed by atoms with Crippen LogP contribution in [0, 0.1) is 11.8 Å². The Kier molecular flexibility index (Phi) is 5.31. The van der Waals surface area contributed by atoms with Gasteiger partial charge in [0.15, 0.2) is 12.6 Å². The van der Waals surface area contributed by atoms with Gasteiger partial charge in [0.05, 0.1) is 50.6 Å². The van der Waals surface area contributed by atoms with E-state index in [-0.39, 0.29) is 0 Å². The van der Waals surface area contributed by atoms with Gasteiger partial charge in [-0.3, -0.25) is 9.59 Å². The van der Waals surface area contributed by atoms with Crippen LogP contribution in [0.4, 0.5) is 0 Å². The van der Waals surface area contributed by atoms with E-state index < -0.39 is 0 Å². The molecule has 5 aromatic heterocycles. The molecular weight excluding hydrogens is 444 g/mol. The molecule has 0 saturated carbocycles. The average molecular weight is 471 g/mol. The predicted octanol–water partition coefficient (Wildman–Crippen LogP) is 7.80. The minimum Gasteiger partial charge on any atom is -0.337 e. The van der Waals surface area contributed by atoms with Crippen LogP contribution < -0.4 is 0 Å². The topological polar surface area (TPSA) is 44.0 Å². The fourth-order valence-corrected chi connectivity index (χ4v) is 7.91. The zero-order chi connectivity index (χ0) is 21.9. The van der Waals surface area contributed by atoms with E-state index in [2.05, 4.69) is 49.0 Å². The summed E-state index contributed by atoms with van der Waals surface area (Å²) >= 11 is 5.03. The maximum absolute atomic E-state index is 11.5. The highest BCUT2D eigenvalue weighted by atomic mass is 32.1. The molecule has 0 aliphatic heterocycles. The summed E-state index contributed by atoms with van der Waals surface area (Å²) in [5, 5.41) is 0. The maximum Gasteiger partial charge on any atom is 0.160 e. The molecule has 162 valence electrons. The summed E-state index contributed by atoms with van der Waals surface area (Å²) in [6.45, 7) is 10.9. The molecule has 0 aliphatic carbocycles. The molecule has 0 saturated heterocycles. The predicted molar refractivity (Wildman–Crippen MR) is 136 cm³/mol. The number of fused-ring (bicyclic) bond motifs is 7. The Morgan fingerprint density at radius 1 is 0.742 bits per heavy atom. The molecule has 0 aliphatic rings. The number of hydrogen-bond donors (Lipinski definition) is 0. The fourth-order valence-electron chi connectivity index (χ4n) is 4.37. The number of nitrogens with zero attached hydrogens (tertiary/aromatic N) is 2. The van der Waals surface area contributed by atoms with E-state index in [1.807, 2.05) is 11.3 Å². The molecule has 0 aromatic carbocycles. The smallest absolute Gasteiger partial charge is 0.160 e. The van der Waals surface area contributed by atoms with Crippen molar-refractivity contribution in [3.63, 3.8) is 0 Å². The Hall–Kier alpha value is -1.96. The van der Waals surface area contributed by atoms with Gasteiger partial charge in [-0.2, -0.15) is 0 Å². The van der Waals surface area contributed by atoms with Crippen LogP contribution in [0.25, 0.3) is 40.9 Å². The van der Waals surface area contributed by atoms with Gasteiger partial charge >= 0.3 is 0 Å². The van der Waals surface area contributed by atoms with E-state index in [1.54, 1.807) is 22.7 Å². The van der Waals surface area contributed by atoms with E-state index in [0.717, 1.165) is 48.3 Å². The standard InChI is InChI=1S/C24H26N2O2S3/c1-5-13(3)9-25-17-7-15(11-27)29-21(17)23-19(25)20-24(31-23)22-18(8-16(12-28)30-22)26(20)10-14(4)6-2/h7-8,11-14H,5-6,9-10H2,1-4H3. The lowest BCUT2D eigenvalue weighted by Gasteiger charge is -2.15. The molecule has 31 heavy (non-hydrogen) atoms. The molecule has 2 atom stereocenters. The molecule has 2 unspecified atom stereocenters. The molecule has 0 N–H and O–H groups in total. The van der Waals surface area contributed by atoms with Gasteiger partial charge in [0, 0.05) is 13.1 Å². The number of rotatable bonds is 8. The van der Waals surface area contributed by atoms with Crippen molar-refractivity contribution < 1.29 is 9.59 Å². The summed E-state index contributed by atoms with van der Waals surface area (Å²) in [4.78, 5) is 24.6. The maximum atomic E-state index is 11.5. The first-order valence-corrected chi connectivity index (χ1v) is 13.4. The Morgan fingerprint density at radius 3 is 1.52 bits per heavy atom. The highest BCUT2D eigenvalue weighted by Gasteiger charge is 2.26. The number of aromatic nitrogens is 2. The molecule has 0 fully saturated rings. The van der Waals surface area contributed by atoms with Crippen molar-refractivity contribution >= 4 is 87.4 Å². The van der Waals surface area contributed by atoms with Gasteiger partial charge in [0.25, 0.3) is 0 Å². The summed E-state index contributed by atoms with van der Waals surface area (Å²) in [5.41, 5.74) is 4.98. The van der Waals surface area contributed by atoms with Crippen LogP contribution >= 0.6 is 34.0 Å². The van der Waals surface area contributed by atoms with Crippen molar-refractivity contribution in [2.24, 2.45) is 11.8 Å². The largest absolute Gasteiger partial charge is 0.337 e. The van der Waals surface area contributed by atoms with Crippen LogP contribution in [0.1, 0.15) is 59.9 Å². The summed E-state index contributed by atoms with van der Waals surface area (Å²) in [7, 11) is 0. The number of carbonyl (C=O) groups excluding carboxylic acids is 2. The Balaban J connectivity index is 1.91. The Morgan fingerprint density at radius 2 is 1.16 bits per heavy atom.